The number of hydrazone groups is 1. The lowest BCUT2D eigenvalue weighted by molar-refractivity contribution is -0.145. The number of nitrogens with one attached hydrogen (secondary N) is 1. The Hall–Kier alpha value is -4.50. The molecule has 0 bridgehead atoms. The Morgan fingerprint density at radius 2 is 1.34 bits per heavy atom. The molecule has 0 radical (unpaired) electrons. The molecule has 1 heterocycles. The number of benzene rings is 3. The van der Waals surface area contributed by atoms with Crippen LogP contribution >= 0.6 is 0 Å². The molecular formula is C32H45N5O4. The molecule has 0 atom stereocenters. The molecule has 9 nitrogen and oxygen atoms in total. The lowest BCUT2D eigenvalue weighted by Gasteiger charge is -2.11. The number of carbonyl (C=O) groups excluding carboxylic acids is 3. The van der Waals surface area contributed by atoms with Crippen molar-refractivity contribution in [3.05, 3.63) is 89.5 Å². The number of hydrogen-bond donors (Lipinski definition) is 3. The normalized spacial score (nSPS) is 11.1. The van der Waals surface area contributed by atoms with Crippen LogP contribution in [0.2, 0.25) is 0 Å². The molecule has 0 saturated carbocycles. The second-order valence-electron chi connectivity index (χ2n) is 9.16. The van der Waals surface area contributed by atoms with Gasteiger partial charge in [-0.2, -0.15) is 5.10 Å². The van der Waals surface area contributed by atoms with Crippen LogP contribution in [0, 0.1) is 20.8 Å². The number of ketones is 1. The Balaban J connectivity index is 0.000000532. The van der Waals surface area contributed by atoms with Gasteiger partial charge in [0.05, 0.1) is 18.7 Å². The topological polar surface area (TPSA) is 140 Å². The highest BCUT2D eigenvalue weighted by molar-refractivity contribution is 6.12. The van der Waals surface area contributed by atoms with Gasteiger partial charge in [0.15, 0.2) is 0 Å². The molecule has 1 aliphatic heterocycles. The number of Topliss-reactive ketones (excluding diaryl/α,β-unsaturated/α-hetero) is 1. The molecule has 1 aliphatic rings. The number of aryl methyl sites for hydroxylation is 3. The zero-order valence-corrected chi connectivity index (χ0v) is 24.2. The quantitative estimate of drug-likeness (QED) is 0.111. The zero-order chi connectivity index (χ0) is 30.1. The second-order valence-corrected chi connectivity index (χ2v) is 9.16. The SMILES string of the molecule is C.CC1=NN(c2ccc(C)cc2)C(=O)C1.CCOC(=O)CC(C)=O.Cc1ccc(N)cc1.Cc1ccc(NN)cc1. The molecule has 4 rings (SSSR count). The molecule has 0 unspecified atom stereocenters. The Morgan fingerprint density at radius 3 is 1.71 bits per heavy atom. The summed E-state index contributed by atoms with van der Waals surface area (Å²) >= 11 is 0. The van der Waals surface area contributed by atoms with Gasteiger partial charge in [0.2, 0.25) is 0 Å². The van der Waals surface area contributed by atoms with Crippen molar-refractivity contribution in [2.45, 2.75) is 61.8 Å². The monoisotopic (exact) mass is 563 g/mol. The first kappa shape index (κ1) is 36.5. The number of nitrogens with two attached hydrogens (primary N) is 2. The van der Waals surface area contributed by atoms with Gasteiger partial charge in [-0.1, -0.05) is 60.5 Å². The largest absolute Gasteiger partial charge is 0.466 e. The Bertz CT molecular complexity index is 1220. The standard InChI is InChI=1S/C11H12N2O.C7H10N2.C7H9N.C6H10O3.CH4/c1-8-3-5-10(6-4-8)13-11(14)7-9(2)12-13;1-6-2-4-7(9-8)5-3-6;1-6-2-4-7(8)5-3-6;1-3-9-6(8)4-5(2)7;/h3-6H,7H2,1-2H3;2-5,9H,8H2,1H3;2-5H,8H2,1H3;3-4H2,1-2H3;1H4. The van der Waals surface area contributed by atoms with E-state index in [2.05, 4.69) is 15.3 Å². The molecule has 222 valence electrons. The van der Waals surface area contributed by atoms with Crippen LogP contribution in [-0.2, 0) is 19.1 Å². The highest BCUT2D eigenvalue weighted by Crippen LogP contribution is 2.20. The van der Waals surface area contributed by atoms with Gasteiger partial charge < -0.3 is 15.9 Å². The number of esters is 1. The fraction of sp³-hybridized carbons (Fsp3) is 0.312. The summed E-state index contributed by atoms with van der Waals surface area (Å²) in [5.74, 6) is 4.60. The summed E-state index contributed by atoms with van der Waals surface area (Å²) in [4.78, 5) is 32.1. The number of ether oxygens (including phenoxy) is 1. The van der Waals surface area contributed by atoms with Crippen molar-refractivity contribution in [2.24, 2.45) is 10.9 Å². The van der Waals surface area contributed by atoms with E-state index in [1.165, 1.54) is 28.6 Å². The molecule has 0 aromatic heterocycles. The zero-order valence-electron chi connectivity index (χ0n) is 24.2. The van der Waals surface area contributed by atoms with Crippen LogP contribution in [-0.4, -0.2) is 30.0 Å². The fourth-order valence-corrected chi connectivity index (χ4v) is 3.07. The highest BCUT2D eigenvalue weighted by atomic mass is 16.5. The van der Waals surface area contributed by atoms with Crippen LogP contribution in [0.25, 0.3) is 0 Å². The van der Waals surface area contributed by atoms with E-state index in [0.717, 1.165) is 22.8 Å². The lowest BCUT2D eigenvalue weighted by atomic mass is 10.2. The van der Waals surface area contributed by atoms with Crippen LogP contribution in [0.4, 0.5) is 17.1 Å². The second kappa shape index (κ2) is 19.5. The third-order valence-electron chi connectivity index (χ3n) is 5.19. The van der Waals surface area contributed by atoms with Crippen LogP contribution in [0.5, 0.6) is 0 Å². The van der Waals surface area contributed by atoms with Gasteiger partial charge in [0.1, 0.15) is 12.2 Å². The number of anilines is 3. The number of rotatable bonds is 5. The number of hydrogen-bond acceptors (Lipinski definition) is 8. The maximum Gasteiger partial charge on any atom is 0.313 e. The van der Waals surface area contributed by atoms with Gasteiger partial charge in [-0.05, 0) is 77.9 Å². The predicted octanol–water partition coefficient (Wildman–Crippen LogP) is 6.13. The van der Waals surface area contributed by atoms with Crippen LogP contribution in [0.15, 0.2) is 77.9 Å². The van der Waals surface area contributed by atoms with Gasteiger partial charge in [0, 0.05) is 17.1 Å². The smallest absolute Gasteiger partial charge is 0.313 e. The first-order chi connectivity index (χ1) is 18.9. The van der Waals surface area contributed by atoms with E-state index < -0.39 is 5.97 Å². The van der Waals surface area contributed by atoms with Crippen molar-refractivity contribution < 1.29 is 19.1 Å². The van der Waals surface area contributed by atoms with Gasteiger partial charge in [0.25, 0.3) is 5.91 Å². The van der Waals surface area contributed by atoms with Crippen LogP contribution < -0.4 is 22.0 Å². The number of nitrogen functional groups attached to an aromatic ring is 2. The maximum absolute atomic E-state index is 11.5. The molecule has 3 aromatic rings. The van der Waals surface area contributed by atoms with E-state index in [1.807, 2.05) is 100 Å². The lowest BCUT2D eigenvalue weighted by Crippen LogP contribution is -2.19. The van der Waals surface area contributed by atoms with E-state index in [0.29, 0.717) is 13.0 Å². The summed E-state index contributed by atoms with van der Waals surface area (Å²) in [7, 11) is 0. The van der Waals surface area contributed by atoms with Gasteiger partial charge in [-0.15, -0.1) is 0 Å². The van der Waals surface area contributed by atoms with Crippen molar-refractivity contribution in [1.82, 2.24) is 0 Å². The molecule has 1 amide bonds. The first-order valence-corrected chi connectivity index (χ1v) is 12.9. The van der Waals surface area contributed by atoms with E-state index in [-0.39, 0.29) is 25.5 Å². The third-order valence-corrected chi connectivity index (χ3v) is 5.19. The summed E-state index contributed by atoms with van der Waals surface area (Å²) in [6, 6.07) is 23.5. The third kappa shape index (κ3) is 15.6. The van der Waals surface area contributed by atoms with E-state index in [1.54, 1.807) is 6.92 Å². The molecule has 9 heteroatoms. The number of carbonyl (C=O) groups is 3. The minimum atomic E-state index is -0.440. The molecule has 0 fully saturated rings. The molecule has 0 aliphatic carbocycles. The Morgan fingerprint density at radius 1 is 0.878 bits per heavy atom. The molecule has 0 spiro atoms. The summed E-state index contributed by atoms with van der Waals surface area (Å²) in [6.45, 7) is 11.4. The van der Waals surface area contributed by atoms with Crippen molar-refractivity contribution in [3.63, 3.8) is 0 Å². The summed E-state index contributed by atoms with van der Waals surface area (Å²) < 4.78 is 4.49. The van der Waals surface area contributed by atoms with Crippen molar-refractivity contribution in [3.8, 4) is 0 Å². The minimum absolute atomic E-state index is 0. The summed E-state index contributed by atoms with van der Waals surface area (Å²) in [5, 5.41) is 5.64. The minimum Gasteiger partial charge on any atom is -0.466 e. The Labute approximate surface area is 244 Å². The summed E-state index contributed by atoms with van der Waals surface area (Å²) in [6.07, 6.45) is 0.335. The average Bonchev–Trinajstić information content (AvgIpc) is 3.25. The van der Waals surface area contributed by atoms with Crippen molar-refractivity contribution in [1.29, 1.82) is 0 Å². The van der Waals surface area contributed by atoms with Gasteiger partial charge in [-0.25, -0.2) is 5.01 Å². The number of nitrogens with zero attached hydrogens (tertiary/aromatic N) is 2. The maximum atomic E-state index is 11.5. The molecular weight excluding hydrogens is 518 g/mol. The molecule has 41 heavy (non-hydrogen) atoms. The van der Waals surface area contributed by atoms with Crippen molar-refractivity contribution in [2.75, 3.05) is 22.8 Å². The highest BCUT2D eigenvalue weighted by Gasteiger charge is 2.22. The first-order valence-electron chi connectivity index (χ1n) is 12.9. The number of amides is 1. The Kier molecular flexibility index (Phi) is 17.4. The van der Waals surface area contributed by atoms with E-state index in [9.17, 15) is 14.4 Å². The summed E-state index contributed by atoms with van der Waals surface area (Å²) in [5.41, 5.74) is 15.1. The number of hydrazine groups is 1. The molecule has 0 saturated heterocycles. The van der Waals surface area contributed by atoms with Crippen LogP contribution in [0.3, 0.4) is 0 Å². The average molecular weight is 564 g/mol. The fourth-order valence-electron chi connectivity index (χ4n) is 3.07. The van der Waals surface area contributed by atoms with E-state index in [4.69, 9.17) is 11.6 Å². The van der Waals surface area contributed by atoms with Gasteiger partial charge in [-0.3, -0.25) is 20.2 Å². The predicted molar refractivity (Wildman–Crippen MR) is 170 cm³/mol. The van der Waals surface area contributed by atoms with E-state index >= 15 is 0 Å². The molecule has 5 N–H and O–H groups in total. The van der Waals surface area contributed by atoms with Gasteiger partial charge >= 0.3 is 5.97 Å². The van der Waals surface area contributed by atoms with Crippen LogP contribution in [0.1, 0.15) is 57.7 Å². The van der Waals surface area contributed by atoms with Crippen molar-refractivity contribution >= 4 is 40.4 Å². The molecule has 3 aromatic carbocycles.